The van der Waals surface area contributed by atoms with Crippen molar-refractivity contribution in [1.29, 1.82) is 0 Å². The number of hydrogen-bond acceptors (Lipinski definition) is 7. The molecule has 8 nitrogen and oxygen atoms in total. The Hall–Kier alpha value is -3.24. The Balaban J connectivity index is 1.59. The van der Waals surface area contributed by atoms with Gasteiger partial charge in [0.15, 0.2) is 5.78 Å². The van der Waals surface area contributed by atoms with E-state index in [0.717, 1.165) is 0 Å². The number of aliphatic hydroxyl groups excluding tert-OH is 4. The Bertz CT molecular complexity index is 1390. The lowest BCUT2D eigenvalue weighted by atomic mass is 9.99. The molecule has 0 saturated carbocycles. The minimum atomic E-state index is -1.58. The highest BCUT2D eigenvalue weighted by atomic mass is 35.5. The van der Waals surface area contributed by atoms with Gasteiger partial charge in [-0.2, -0.15) is 0 Å². The smallest absolute Gasteiger partial charge is 0.229 e. The fourth-order valence-corrected chi connectivity index (χ4v) is 4.54. The van der Waals surface area contributed by atoms with Crippen LogP contribution in [0.4, 0.5) is 0 Å². The monoisotopic (exact) mass is 509 g/mol. The van der Waals surface area contributed by atoms with Gasteiger partial charge >= 0.3 is 0 Å². The first-order valence-electron chi connectivity index (χ1n) is 11.4. The van der Waals surface area contributed by atoms with Crippen LogP contribution in [-0.2, 0) is 4.74 Å². The molecule has 1 fully saturated rings. The Kier molecular flexibility index (Phi) is 6.81. The van der Waals surface area contributed by atoms with Crippen molar-refractivity contribution in [3.8, 4) is 11.4 Å². The molecule has 4 aromatic rings. The van der Waals surface area contributed by atoms with E-state index < -0.39 is 37.3 Å². The first-order valence-corrected chi connectivity index (χ1v) is 11.7. The number of ketones is 1. The van der Waals surface area contributed by atoms with Crippen molar-refractivity contribution in [1.82, 2.24) is 4.57 Å². The van der Waals surface area contributed by atoms with Crippen LogP contribution in [0.15, 0.2) is 79.0 Å². The molecule has 0 spiro atoms. The van der Waals surface area contributed by atoms with Crippen LogP contribution in [0.1, 0.15) is 15.9 Å². The van der Waals surface area contributed by atoms with E-state index in [1.54, 1.807) is 71.4 Å². The third-order valence-corrected chi connectivity index (χ3v) is 6.50. The number of fused-ring (bicyclic) bond motifs is 1. The third kappa shape index (κ3) is 4.39. The number of carbonyl (C=O) groups excluding carboxylic acids is 1. The van der Waals surface area contributed by atoms with Gasteiger partial charge in [0.2, 0.25) is 6.29 Å². The zero-order valence-electron chi connectivity index (χ0n) is 18.9. The van der Waals surface area contributed by atoms with Gasteiger partial charge in [-0.25, -0.2) is 0 Å². The first kappa shape index (κ1) is 24.5. The highest BCUT2D eigenvalue weighted by Crippen LogP contribution is 2.36. The zero-order valence-corrected chi connectivity index (χ0v) is 19.7. The predicted octanol–water partition coefficient (Wildman–Crippen LogP) is 2.69. The largest absolute Gasteiger partial charge is 0.460 e. The summed E-state index contributed by atoms with van der Waals surface area (Å²) in [5.41, 5.74) is 2.22. The Morgan fingerprint density at radius 1 is 0.944 bits per heavy atom. The van der Waals surface area contributed by atoms with Crippen molar-refractivity contribution in [3.05, 3.63) is 95.1 Å². The Morgan fingerprint density at radius 2 is 1.67 bits per heavy atom. The van der Waals surface area contributed by atoms with Gasteiger partial charge in [-0.15, -0.1) is 0 Å². The van der Waals surface area contributed by atoms with Gasteiger partial charge in [-0.3, -0.25) is 4.79 Å². The van der Waals surface area contributed by atoms with Crippen LogP contribution in [0.25, 0.3) is 16.6 Å². The summed E-state index contributed by atoms with van der Waals surface area (Å²) in [6.07, 6.45) is -5.48. The quantitative estimate of drug-likeness (QED) is 0.295. The molecule has 1 saturated heterocycles. The van der Waals surface area contributed by atoms with Crippen molar-refractivity contribution in [2.45, 2.75) is 30.7 Å². The number of halogens is 1. The summed E-state index contributed by atoms with van der Waals surface area (Å²) in [7, 11) is 0. The van der Waals surface area contributed by atoms with Gasteiger partial charge in [0.1, 0.15) is 30.2 Å². The highest BCUT2D eigenvalue weighted by Gasteiger charge is 2.45. The van der Waals surface area contributed by atoms with Crippen molar-refractivity contribution >= 4 is 28.3 Å². The van der Waals surface area contributed by atoms with Crippen LogP contribution >= 0.6 is 11.6 Å². The molecule has 186 valence electrons. The third-order valence-electron chi connectivity index (χ3n) is 6.27. The molecule has 5 rings (SSSR count). The molecule has 4 N–H and O–H groups in total. The van der Waals surface area contributed by atoms with Gasteiger partial charge in [-0.05, 0) is 30.3 Å². The summed E-state index contributed by atoms with van der Waals surface area (Å²) < 4.78 is 13.2. The summed E-state index contributed by atoms with van der Waals surface area (Å²) >= 11 is 6.30. The number of rotatable bonds is 6. The van der Waals surface area contributed by atoms with Crippen molar-refractivity contribution in [2.24, 2.45) is 0 Å². The van der Waals surface area contributed by atoms with Gasteiger partial charge in [0.05, 0.1) is 24.0 Å². The van der Waals surface area contributed by atoms with E-state index in [-0.39, 0.29) is 11.5 Å². The van der Waals surface area contributed by atoms with E-state index in [1.807, 2.05) is 12.1 Å². The molecule has 2 heterocycles. The summed E-state index contributed by atoms with van der Waals surface area (Å²) in [5, 5.41) is 41.2. The van der Waals surface area contributed by atoms with E-state index in [4.69, 9.17) is 21.1 Å². The maximum absolute atomic E-state index is 13.3. The van der Waals surface area contributed by atoms with Crippen LogP contribution < -0.4 is 4.74 Å². The predicted molar refractivity (Wildman–Crippen MR) is 133 cm³/mol. The second-order valence-corrected chi connectivity index (χ2v) is 8.99. The molecule has 0 radical (unpaired) electrons. The van der Waals surface area contributed by atoms with E-state index in [9.17, 15) is 25.2 Å². The Morgan fingerprint density at radius 3 is 2.42 bits per heavy atom. The molecule has 1 aliphatic rings. The van der Waals surface area contributed by atoms with Crippen LogP contribution in [0.3, 0.4) is 0 Å². The molecule has 1 aliphatic heterocycles. The number of carbonyl (C=O) groups is 1. The zero-order chi connectivity index (χ0) is 25.4. The van der Waals surface area contributed by atoms with E-state index in [0.29, 0.717) is 32.7 Å². The molecule has 5 atom stereocenters. The van der Waals surface area contributed by atoms with Crippen molar-refractivity contribution in [2.75, 3.05) is 6.61 Å². The number of ether oxygens (including phenoxy) is 2. The van der Waals surface area contributed by atoms with Crippen molar-refractivity contribution in [3.63, 3.8) is 0 Å². The lowest BCUT2D eigenvalue weighted by molar-refractivity contribution is -0.277. The topological polar surface area (TPSA) is 121 Å². The molecular weight excluding hydrogens is 486 g/mol. The fourth-order valence-electron chi connectivity index (χ4n) is 4.37. The van der Waals surface area contributed by atoms with Crippen LogP contribution in [0.2, 0.25) is 5.02 Å². The van der Waals surface area contributed by atoms with Crippen LogP contribution in [0, 0.1) is 0 Å². The number of para-hydroxylation sites is 1. The molecule has 0 amide bonds. The maximum Gasteiger partial charge on any atom is 0.229 e. The molecule has 0 unspecified atom stereocenters. The Labute approximate surface area is 211 Å². The molecule has 9 heteroatoms. The average molecular weight is 510 g/mol. The van der Waals surface area contributed by atoms with Gasteiger partial charge < -0.3 is 34.5 Å². The minimum absolute atomic E-state index is 0.161. The number of hydrogen-bond donors (Lipinski definition) is 4. The second-order valence-electron chi connectivity index (χ2n) is 8.55. The van der Waals surface area contributed by atoms with Gasteiger partial charge in [0, 0.05) is 21.5 Å². The SMILES string of the molecule is O=C(c1ccccc1)c1ccccc1-n1cc(O[C@@H]2O[C@H](CO)[C@@H](O)[C@H](O)[C@H]2O)c2ccc(Cl)cc21. The number of nitrogens with zero attached hydrogens (tertiary/aromatic N) is 1. The van der Waals surface area contributed by atoms with Gasteiger partial charge in [0.25, 0.3) is 0 Å². The van der Waals surface area contributed by atoms with E-state index in [2.05, 4.69) is 0 Å². The molecule has 3 aromatic carbocycles. The average Bonchev–Trinajstić information content (AvgIpc) is 3.26. The normalized spacial score (nSPS) is 24.1. The first-order chi connectivity index (χ1) is 17.4. The number of benzene rings is 3. The summed E-state index contributed by atoms with van der Waals surface area (Å²) in [4.78, 5) is 13.3. The summed E-state index contributed by atoms with van der Waals surface area (Å²) in [5.74, 6) is 0.124. The standard InChI is InChI=1S/C27H24ClNO7/c28-16-10-11-17-20(12-16)29(13-21(17)35-27-26(34)25(33)24(32)22(14-30)36-27)19-9-5-4-8-18(19)23(31)15-6-2-1-3-7-15/h1-13,22,24-27,30,32-34H,14H2/t22-,24-,25+,26-,27-/m1/s1. The summed E-state index contributed by atoms with van der Waals surface area (Å²) in [6.45, 7) is -0.572. The molecule has 0 aliphatic carbocycles. The van der Waals surface area contributed by atoms with Crippen LogP contribution in [-0.4, -0.2) is 68.1 Å². The number of aromatic nitrogens is 1. The molecule has 36 heavy (non-hydrogen) atoms. The van der Waals surface area contributed by atoms with E-state index in [1.165, 1.54) is 0 Å². The fraction of sp³-hybridized carbons (Fsp3) is 0.222. The molecule has 1 aromatic heterocycles. The second kappa shape index (κ2) is 10.0. The van der Waals surface area contributed by atoms with E-state index >= 15 is 0 Å². The van der Waals surface area contributed by atoms with Gasteiger partial charge in [-0.1, -0.05) is 54.1 Å². The highest BCUT2D eigenvalue weighted by molar-refractivity contribution is 6.31. The minimum Gasteiger partial charge on any atom is -0.460 e. The summed E-state index contributed by atoms with van der Waals surface area (Å²) in [6, 6.07) is 21.2. The van der Waals surface area contributed by atoms with Crippen molar-refractivity contribution < 1.29 is 34.7 Å². The van der Waals surface area contributed by atoms with Crippen LogP contribution in [0.5, 0.6) is 5.75 Å². The number of aliphatic hydroxyl groups is 4. The molecular formula is C27H24ClNO7. The lowest BCUT2D eigenvalue weighted by Gasteiger charge is -2.39. The molecule has 0 bridgehead atoms. The lowest BCUT2D eigenvalue weighted by Crippen LogP contribution is -2.60. The maximum atomic E-state index is 13.3.